The van der Waals surface area contributed by atoms with Crippen LogP contribution in [0.2, 0.25) is 0 Å². The fraction of sp³-hybridized carbons (Fsp3) is 0.900. The van der Waals surface area contributed by atoms with Crippen molar-refractivity contribution >= 4 is 5.91 Å². The molecule has 13 heavy (non-hydrogen) atoms. The number of hydrogen-bond donors (Lipinski definition) is 0. The summed E-state index contributed by atoms with van der Waals surface area (Å²) in [4.78, 5) is 15.6. The number of amides is 1. The van der Waals surface area contributed by atoms with Gasteiger partial charge in [0.05, 0.1) is 6.54 Å². The fourth-order valence-corrected chi connectivity index (χ4v) is 1.26. The molecule has 1 fully saturated rings. The number of rotatable bonds is 4. The smallest absolute Gasteiger partial charge is 0.236 e. The van der Waals surface area contributed by atoms with Crippen LogP contribution in [0.1, 0.15) is 26.7 Å². The molecule has 0 radical (unpaired) electrons. The van der Waals surface area contributed by atoms with E-state index in [1.165, 1.54) is 12.8 Å². The van der Waals surface area contributed by atoms with Crippen molar-refractivity contribution in [3.8, 4) is 0 Å². The lowest BCUT2D eigenvalue weighted by Crippen LogP contribution is -2.40. The van der Waals surface area contributed by atoms with Crippen LogP contribution in [0.4, 0.5) is 0 Å². The van der Waals surface area contributed by atoms with Gasteiger partial charge in [-0.15, -0.1) is 0 Å². The molecule has 0 aromatic heterocycles. The molecule has 1 saturated carbocycles. The third-order valence-electron chi connectivity index (χ3n) is 2.72. The lowest BCUT2D eigenvalue weighted by atomic mass is 10.3. The number of likely N-dealkylation sites (N-methyl/N-ethyl adjacent to an activating group) is 2. The summed E-state index contributed by atoms with van der Waals surface area (Å²) in [6.07, 6.45) is 2.52. The first-order valence-corrected chi connectivity index (χ1v) is 4.98. The Labute approximate surface area is 80.7 Å². The summed E-state index contributed by atoms with van der Waals surface area (Å²) in [6.45, 7) is 4.64. The largest absolute Gasteiger partial charge is 0.342 e. The van der Waals surface area contributed by atoms with Crippen LogP contribution in [0.25, 0.3) is 0 Å². The number of carbonyl (C=O) groups excluding carboxylic acids is 1. The first-order valence-electron chi connectivity index (χ1n) is 4.98. The Balaban J connectivity index is 2.30. The quantitative estimate of drug-likeness (QED) is 0.649. The zero-order valence-corrected chi connectivity index (χ0v) is 9.08. The maximum Gasteiger partial charge on any atom is 0.236 e. The van der Waals surface area contributed by atoms with Gasteiger partial charge in [-0.2, -0.15) is 0 Å². The Kier molecular flexibility index (Phi) is 3.31. The Hall–Kier alpha value is -0.570. The maximum absolute atomic E-state index is 11.6. The van der Waals surface area contributed by atoms with E-state index in [9.17, 15) is 4.79 Å². The first kappa shape index (κ1) is 10.5. The molecule has 0 bridgehead atoms. The van der Waals surface area contributed by atoms with Crippen molar-refractivity contribution in [3.05, 3.63) is 0 Å². The molecular weight excluding hydrogens is 164 g/mol. The minimum absolute atomic E-state index is 0.226. The molecule has 1 amide bonds. The average molecular weight is 184 g/mol. The van der Waals surface area contributed by atoms with Gasteiger partial charge < -0.3 is 4.90 Å². The van der Waals surface area contributed by atoms with Crippen LogP contribution in [0.15, 0.2) is 0 Å². The van der Waals surface area contributed by atoms with Gasteiger partial charge in [-0.25, -0.2) is 0 Å². The fourth-order valence-electron chi connectivity index (χ4n) is 1.26. The van der Waals surface area contributed by atoms with Crippen LogP contribution in [0.5, 0.6) is 0 Å². The summed E-state index contributed by atoms with van der Waals surface area (Å²) in [5.41, 5.74) is 0. The molecular formula is C10H20N2O. The van der Waals surface area contributed by atoms with E-state index in [1.54, 1.807) is 4.90 Å². The Morgan fingerprint density at radius 1 is 1.38 bits per heavy atom. The van der Waals surface area contributed by atoms with Crippen LogP contribution < -0.4 is 0 Å². The van der Waals surface area contributed by atoms with Crippen LogP contribution in [-0.2, 0) is 4.79 Å². The van der Waals surface area contributed by atoms with Crippen molar-refractivity contribution in [2.45, 2.75) is 38.8 Å². The van der Waals surface area contributed by atoms with Gasteiger partial charge in [-0.3, -0.25) is 9.69 Å². The molecule has 0 aromatic carbocycles. The van der Waals surface area contributed by atoms with Crippen molar-refractivity contribution in [2.75, 3.05) is 20.6 Å². The topological polar surface area (TPSA) is 23.6 Å². The van der Waals surface area contributed by atoms with Gasteiger partial charge in [-0.1, -0.05) is 0 Å². The second-order valence-electron chi connectivity index (χ2n) is 4.24. The molecule has 0 spiro atoms. The zero-order valence-electron chi connectivity index (χ0n) is 9.08. The lowest BCUT2D eigenvalue weighted by Gasteiger charge is -2.24. The van der Waals surface area contributed by atoms with Gasteiger partial charge in [0, 0.05) is 19.1 Å². The number of carbonyl (C=O) groups is 1. The van der Waals surface area contributed by atoms with Gasteiger partial charge in [0.1, 0.15) is 0 Å². The minimum atomic E-state index is 0.226. The van der Waals surface area contributed by atoms with E-state index in [-0.39, 0.29) is 5.91 Å². The van der Waals surface area contributed by atoms with E-state index in [1.807, 2.05) is 27.9 Å². The Morgan fingerprint density at radius 3 is 2.31 bits per heavy atom. The highest BCUT2D eigenvalue weighted by atomic mass is 16.2. The lowest BCUT2D eigenvalue weighted by molar-refractivity contribution is -0.132. The summed E-state index contributed by atoms with van der Waals surface area (Å²) in [6, 6.07) is 0.976. The van der Waals surface area contributed by atoms with E-state index in [2.05, 4.69) is 4.90 Å². The molecule has 0 saturated heterocycles. The Bertz CT molecular complexity index is 187. The van der Waals surface area contributed by atoms with Crippen LogP contribution in [-0.4, -0.2) is 48.4 Å². The highest BCUT2D eigenvalue weighted by Gasteiger charge is 2.28. The highest BCUT2D eigenvalue weighted by molar-refractivity contribution is 5.78. The highest BCUT2D eigenvalue weighted by Crippen LogP contribution is 2.24. The Morgan fingerprint density at radius 2 is 1.92 bits per heavy atom. The van der Waals surface area contributed by atoms with Crippen LogP contribution in [0, 0.1) is 0 Å². The van der Waals surface area contributed by atoms with E-state index in [0.717, 1.165) is 0 Å². The second-order valence-corrected chi connectivity index (χ2v) is 4.24. The monoisotopic (exact) mass is 184 g/mol. The molecule has 1 rings (SSSR count). The van der Waals surface area contributed by atoms with Gasteiger partial charge in [-0.05, 0) is 33.7 Å². The van der Waals surface area contributed by atoms with Crippen LogP contribution >= 0.6 is 0 Å². The normalized spacial score (nSPS) is 16.8. The summed E-state index contributed by atoms with van der Waals surface area (Å²) in [5, 5.41) is 0. The van der Waals surface area contributed by atoms with E-state index in [0.29, 0.717) is 18.6 Å². The van der Waals surface area contributed by atoms with E-state index >= 15 is 0 Å². The van der Waals surface area contributed by atoms with Gasteiger partial charge >= 0.3 is 0 Å². The third-order valence-corrected chi connectivity index (χ3v) is 2.72. The summed E-state index contributed by atoms with van der Waals surface area (Å²) in [7, 11) is 3.90. The third kappa shape index (κ3) is 2.99. The van der Waals surface area contributed by atoms with Crippen molar-refractivity contribution in [2.24, 2.45) is 0 Å². The molecule has 0 atom stereocenters. The summed E-state index contributed by atoms with van der Waals surface area (Å²) >= 11 is 0. The second kappa shape index (κ2) is 4.09. The molecule has 0 aromatic rings. The summed E-state index contributed by atoms with van der Waals surface area (Å²) < 4.78 is 0. The van der Waals surface area contributed by atoms with Crippen molar-refractivity contribution in [1.29, 1.82) is 0 Å². The van der Waals surface area contributed by atoms with Crippen molar-refractivity contribution in [1.82, 2.24) is 9.80 Å². The zero-order chi connectivity index (χ0) is 10.0. The first-order chi connectivity index (χ1) is 6.02. The molecule has 76 valence electrons. The molecule has 0 unspecified atom stereocenters. The maximum atomic E-state index is 11.6. The van der Waals surface area contributed by atoms with E-state index < -0.39 is 0 Å². The molecule has 0 heterocycles. The molecule has 1 aliphatic rings. The minimum Gasteiger partial charge on any atom is -0.342 e. The molecule has 3 heteroatoms. The van der Waals surface area contributed by atoms with Gasteiger partial charge in [0.25, 0.3) is 0 Å². The standard InChI is InChI=1S/C10H20N2O/c1-8(2)12(4)10(13)7-11(3)9-5-6-9/h8-9H,5-7H2,1-4H3. The molecule has 0 N–H and O–H groups in total. The molecule has 3 nitrogen and oxygen atoms in total. The van der Waals surface area contributed by atoms with E-state index in [4.69, 9.17) is 0 Å². The predicted molar refractivity (Wildman–Crippen MR) is 53.6 cm³/mol. The van der Waals surface area contributed by atoms with Gasteiger partial charge in [0.2, 0.25) is 5.91 Å². The van der Waals surface area contributed by atoms with Crippen molar-refractivity contribution < 1.29 is 4.79 Å². The summed E-state index contributed by atoms with van der Waals surface area (Å²) in [5.74, 6) is 0.226. The van der Waals surface area contributed by atoms with Crippen molar-refractivity contribution in [3.63, 3.8) is 0 Å². The number of hydrogen-bond acceptors (Lipinski definition) is 2. The van der Waals surface area contributed by atoms with Gasteiger partial charge in [0.15, 0.2) is 0 Å². The number of nitrogens with zero attached hydrogens (tertiary/aromatic N) is 2. The SMILES string of the molecule is CC(C)N(C)C(=O)CN(C)C1CC1. The average Bonchev–Trinajstić information content (AvgIpc) is 2.84. The predicted octanol–water partition coefficient (Wildman–Crippen LogP) is 0.947. The molecule has 1 aliphatic carbocycles. The van der Waals surface area contributed by atoms with Crippen LogP contribution in [0.3, 0.4) is 0 Å². The molecule has 0 aliphatic heterocycles.